The van der Waals surface area contributed by atoms with E-state index in [1.165, 1.54) is 12.1 Å². The zero-order valence-electron chi connectivity index (χ0n) is 37.6. The minimum Gasteiger partial charge on any atom is -0.493 e. The number of halogens is 2. The summed E-state index contributed by atoms with van der Waals surface area (Å²) in [5, 5.41) is 4.15. The maximum Gasteiger partial charge on any atom is 0.261 e. The number of aromatic nitrogens is 4. The number of hydrogen-bond acceptors (Lipinski definition) is 12. The van der Waals surface area contributed by atoms with Crippen LogP contribution in [-0.4, -0.2) is 129 Å². The molecule has 2 amide bonds. The number of nitrogens with one attached hydrogen (secondary N) is 3. The normalized spacial score (nSPS) is 20.5. The molecule has 14 nitrogen and oxygen atoms in total. The number of likely N-dealkylation sites (tertiary alicyclic amines) is 3. The topological polar surface area (TPSA) is 166 Å². The standard InChI is InChI=1S/C48H60F2N8O6S2/c1-3-14-56-15-11-36(12-16-56)65-28-42-52-40-24-35(23-38(49)45(40)47(61)54-42)64-27-32-9-19-58(20-10-32)44(60)5-4-33-21-37(6-13-51-33)66-29-43-53-41-25-34(22-39(50)46(41)48(62)55-43)63-26-31-7-17-57(18-8-31)30(2)59/h1,22-25,31-33,36-37,51H,4-21,26-29H2,2H3,(H,52,54,61)(H,53,55,62). The molecule has 2 atom stereocenters. The van der Waals surface area contributed by atoms with Crippen molar-refractivity contribution >= 4 is 57.1 Å². The SMILES string of the molecule is C#CCN1CCC(SCc2nc3cc(OCC4CCN(C(=O)CCC5CC(SCc6nc7cc(OCC8CCN(C(C)=O)CC8)cc(F)c7c(=O)[nH]6)CCN5)CC4)cc(F)c3c(=O)[nH]2)CC1. The number of aromatic amines is 2. The van der Waals surface area contributed by atoms with Crippen molar-refractivity contribution in [3.05, 3.63) is 68.3 Å². The van der Waals surface area contributed by atoms with Crippen molar-refractivity contribution in [1.82, 2.24) is 40.0 Å². The first kappa shape index (κ1) is 47.8. The largest absolute Gasteiger partial charge is 0.493 e. The summed E-state index contributed by atoms with van der Waals surface area (Å²) in [5.74, 6) is 4.67. The highest BCUT2D eigenvalue weighted by Gasteiger charge is 2.28. The summed E-state index contributed by atoms with van der Waals surface area (Å²) in [7, 11) is 0. The van der Waals surface area contributed by atoms with Gasteiger partial charge in [0.25, 0.3) is 11.1 Å². The van der Waals surface area contributed by atoms with Gasteiger partial charge in [0, 0.05) is 93.4 Å². The van der Waals surface area contributed by atoms with Gasteiger partial charge < -0.3 is 34.6 Å². The van der Waals surface area contributed by atoms with Crippen LogP contribution in [0.25, 0.3) is 21.8 Å². The minimum absolute atomic E-state index is 0.0700. The molecule has 354 valence electrons. The van der Waals surface area contributed by atoms with Crippen LogP contribution in [0.4, 0.5) is 8.78 Å². The number of benzene rings is 2. The van der Waals surface area contributed by atoms with Gasteiger partial charge in [-0.3, -0.25) is 24.1 Å². The molecular formula is C48H60F2N8O6S2. The van der Waals surface area contributed by atoms with Crippen LogP contribution in [0, 0.1) is 35.8 Å². The number of thioether (sulfide) groups is 2. The molecule has 4 aliphatic heterocycles. The molecular weight excluding hydrogens is 887 g/mol. The Morgan fingerprint density at radius 1 is 0.758 bits per heavy atom. The Kier molecular flexibility index (Phi) is 16.2. The van der Waals surface area contributed by atoms with E-state index in [2.05, 4.69) is 36.1 Å². The fraction of sp³-hybridized carbons (Fsp3) is 0.583. The minimum atomic E-state index is -0.673. The number of piperidine rings is 4. The smallest absolute Gasteiger partial charge is 0.261 e. The summed E-state index contributed by atoms with van der Waals surface area (Å²) in [4.78, 5) is 71.6. The molecule has 8 rings (SSSR count). The van der Waals surface area contributed by atoms with Crippen molar-refractivity contribution < 1.29 is 27.8 Å². The molecule has 0 aliphatic carbocycles. The summed E-state index contributed by atoms with van der Waals surface area (Å²) >= 11 is 3.46. The number of hydrogen-bond donors (Lipinski definition) is 3. The lowest BCUT2D eigenvalue weighted by Gasteiger charge is -2.33. The van der Waals surface area contributed by atoms with E-state index in [0.717, 1.165) is 77.4 Å². The molecule has 0 spiro atoms. The summed E-state index contributed by atoms with van der Waals surface area (Å²) in [6.07, 6.45) is 13.7. The maximum absolute atomic E-state index is 15.2. The van der Waals surface area contributed by atoms with E-state index in [1.807, 2.05) is 9.80 Å². The van der Waals surface area contributed by atoms with Crippen LogP contribution >= 0.6 is 23.5 Å². The Morgan fingerprint density at radius 2 is 1.29 bits per heavy atom. The van der Waals surface area contributed by atoms with Crippen LogP contribution in [0.15, 0.2) is 33.9 Å². The first-order valence-electron chi connectivity index (χ1n) is 23.3. The van der Waals surface area contributed by atoms with E-state index in [4.69, 9.17) is 15.9 Å². The number of fused-ring (bicyclic) bond motifs is 2. The number of rotatable bonds is 16. The zero-order chi connectivity index (χ0) is 46.2. The van der Waals surface area contributed by atoms with Crippen molar-refractivity contribution in [3.8, 4) is 23.8 Å². The first-order chi connectivity index (χ1) is 32.0. The molecule has 4 aliphatic rings. The molecule has 18 heteroatoms. The van der Waals surface area contributed by atoms with E-state index >= 15 is 8.78 Å². The molecule has 6 heterocycles. The number of ether oxygens (including phenoxy) is 2. The summed E-state index contributed by atoms with van der Waals surface area (Å²) in [6, 6.07) is 5.94. The van der Waals surface area contributed by atoms with Gasteiger partial charge in [0.1, 0.15) is 45.6 Å². The van der Waals surface area contributed by atoms with E-state index in [1.54, 1.807) is 42.6 Å². The predicted molar refractivity (Wildman–Crippen MR) is 255 cm³/mol. The van der Waals surface area contributed by atoms with Crippen molar-refractivity contribution in [2.24, 2.45) is 11.8 Å². The molecule has 4 saturated heterocycles. The molecule has 0 bridgehead atoms. The molecule has 2 unspecified atom stereocenters. The fourth-order valence-electron chi connectivity index (χ4n) is 9.54. The van der Waals surface area contributed by atoms with Crippen LogP contribution in [-0.2, 0) is 21.1 Å². The summed E-state index contributed by atoms with van der Waals surface area (Å²) in [6.45, 7) is 8.36. The maximum atomic E-state index is 15.2. The van der Waals surface area contributed by atoms with Gasteiger partial charge in [-0.2, -0.15) is 23.5 Å². The van der Waals surface area contributed by atoms with E-state index in [0.29, 0.717) is 97.5 Å². The Labute approximate surface area is 392 Å². The number of carbonyl (C=O) groups excluding carboxylic acids is 2. The average molecular weight is 947 g/mol. The Morgan fingerprint density at radius 3 is 1.82 bits per heavy atom. The number of H-pyrrole nitrogens is 2. The third kappa shape index (κ3) is 12.4. The third-order valence-electron chi connectivity index (χ3n) is 13.5. The molecule has 0 radical (unpaired) electrons. The molecule has 4 fully saturated rings. The van der Waals surface area contributed by atoms with Gasteiger partial charge in [-0.15, -0.1) is 6.42 Å². The van der Waals surface area contributed by atoms with Crippen molar-refractivity contribution in [1.29, 1.82) is 0 Å². The lowest BCUT2D eigenvalue weighted by molar-refractivity contribution is -0.133. The van der Waals surface area contributed by atoms with Crippen LogP contribution in [0.1, 0.15) is 82.8 Å². The van der Waals surface area contributed by atoms with Crippen molar-refractivity contribution in [2.45, 2.75) is 99.2 Å². The van der Waals surface area contributed by atoms with E-state index in [9.17, 15) is 19.2 Å². The van der Waals surface area contributed by atoms with Crippen LogP contribution in [0.5, 0.6) is 11.5 Å². The van der Waals surface area contributed by atoms with Gasteiger partial charge in [0.15, 0.2) is 0 Å². The predicted octanol–water partition coefficient (Wildman–Crippen LogP) is 5.86. The Bertz CT molecular complexity index is 2510. The fourth-order valence-corrected chi connectivity index (χ4v) is 11.8. The van der Waals surface area contributed by atoms with Gasteiger partial charge in [-0.25, -0.2) is 18.7 Å². The monoisotopic (exact) mass is 946 g/mol. The highest BCUT2D eigenvalue weighted by Crippen LogP contribution is 2.31. The third-order valence-corrected chi connectivity index (χ3v) is 16.2. The van der Waals surface area contributed by atoms with Gasteiger partial charge in [0.2, 0.25) is 11.8 Å². The molecule has 66 heavy (non-hydrogen) atoms. The highest BCUT2D eigenvalue weighted by molar-refractivity contribution is 7.99. The van der Waals surface area contributed by atoms with Crippen LogP contribution < -0.4 is 25.9 Å². The molecule has 4 aromatic rings. The highest BCUT2D eigenvalue weighted by atomic mass is 32.2. The van der Waals surface area contributed by atoms with Crippen molar-refractivity contribution in [3.63, 3.8) is 0 Å². The Hall–Kier alpha value is -4.70. The molecule has 2 aromatic carbocycles. The van der Waals surface area contributed by atoms with Gasteiger partial charge in [0.05, 0.1) is 42.3 Å². The second kappa shape index (κ2) is 22.4. The van der Waals surface area contributed by atoms with Gasteiger partial charge >= 0.3 is 0 Å². The number of carbonyl (C=O) groups is 2. The second-order valence-corrected chi connectivity index (χ2v) is 20.7. The number of amides is 2. The second-order valence-electron chi connectivity index (χ2n) is 18.2. The summed E-state index contributed by atoms with van der Waals surface area (Å²) in [5.41, 5.74) is -0.480. The van der Waals surface area contributed by atoms with E-state index < -0.39 is 22.8 Å². The lowest BCUT2D eigenvalue weighted by Crippen LogP contribution is -2.42. The lowest BCUT2D eigenvalue weighted by atomic mass is 9.96. The quantitative estimate of drug-likeness (QED) is 0.115. The van der Waals surface area contributed by atoms with Gasteiger partial charge in [-0.1, -0.05) is 5.92 Å². The van der Waals surface area contributed by atoms with Gasteiger partial charge in [-0.05, 0) is 76.2 Å². The molecule has 2 aromatic heterocycles. The van der Waals surface area contributed by atoms with Crippen LogP contribution in [0.3, 0.4) is 0 Å². The zero-order valence-corrected chi connectivity index (χ0v) is 39.2. The number of terminal acetylenes is 1. The van der Waals surface area contributed by atoms with Crippen molar-refractivity contribution in [2.75, 3.05) is 65.6 Å². The van der Waals surface area contributed by atoms with E-state index in [-0.39, 0.29) is 51.5 Å². The summed E-state index contributed by atoms with van der Waals surface area (Å²) < 4.78 is 42.3. The average Bonchev–Trinajstić information content (AvgIpc) is 3.31. The van der Waals surface area contributed by atoms with Crippen LogP contribution in [0.2, 0.25) is 0 Å². The Balaban J connectivity index is 0.754. The first-order valence-corrected chi connectivity index (χ1v) is 25.4. The molecule has 3 N–H and O–H groups in total. The number of nitrogens with zero attached hydrogens (tertiary/aromatic N) is 5. The molecule has 0 saturated carbocycles.